The van der Waals surface area contributed by atoms with E-state index >= 15 is 0 Å². The average molecular weight is 545 g/mol. The Morgan fingerprint density at radius 3 is 2.37 bits per heavy atom. The third kappa shape index (κ3) is 5.45. The molecule has 7 nitrogen and oxygen atoms in total. The van der Waals surface area contributed by atoms with Crippen LogP contribution in [0.4, 0.5) is 13.2 Å². The third-order valence-corrected chi connectivity index (χ3v) is 8.73. The summed E-state index contributed by atoms with van der Waals surface area (Å²) in [6, 6.07) is 11.3. The molecule has 0 atom stereocenters. The van der Waals surface area contributed by atoms with E-state index in [-0.39, 0.29) is 26.6 Å². The van der Waals surface area contributed by atoms with Crippen molar-refractivity contribution in [1.29, 1.82) is 0 Å². The van der Waals surface area contributed by atoms with E-state index in [1.807, 2.05) is 0 Å². The molecule has 2 aromatic carbocycles. The van der Waals surface area contributed by atoms with Gasteiger partial charge in [-0.1, -0.05) is 45.3 Å². The van der Waals surface area contributed by atoms with Crippen molar-refractivity contribution in [2.24, 2.45) is 0 Å². The number of benzene rings is 2. The van der Waals surface area contributed by atoms with E-state index in [1.165, 1.54) is 23.9 Å². The van der Waals surface area contributed by atoms with Gasteiger partial charge in [0.15, 0.2) is 11.4 Å². The van der Waals surface area contributed by atoms with Crippen LogP contribution >= 0.6 is 11.6 Å². The monoisotopic (exact) mass is 544 g/mol. The van der Waals surface area contributed by atoms with Crippen molar-refractivity contribution in [3.63, 3.8) is 0 Å². The number of para-hydroxylation sites is 1. The number of methoxy groups -OCH3 is 1. The van der Waals surface area contributed by atoms with Gasteiger partial charge < -0.3 is 4.74 Å². The van der Waals surface area contributed by atoms with Gasteiger partial charge in [0.25, 0.3) is 5.91 Å². The fourth-order valence-electron chi connectivity index (χ4n) is 3.63. The highest BCUT2D eigenvalue weighted by atomic mass is 35.5. The van der Waals surface area contributed by atoms with E-state index in [1.54, 1.807) is 29.3 Å². The van der Waals surface area contributed by atoms with Crippen molar-refractivity contribution < 1.29 is 26.9 Å². The normalized spacial score (nSPS) is 15.1. The van der Waals surface area contributed by atoms with E-state index < -0.39 is 17.6 Å². The van der Waals surface area contributed by atoms with Gasteiger partial charge in [0.05, 0.1) is 23.4 Å². The van der Waals surface area contributed by atoms with E-state index in [9.17, 15) is 22.2 Å². The molecule has 186 valence electrons. The molecule has 1 aliphatic heterocycles. The molecule has 2 heterocycles. The fraction of sp³-hybridized carbons (Fsp3) is 0.273. The van der Waals surface area contributed by atoms with Gasteiger partial charge in [0, 0.05) is 30.2 Å². The van der Waals surface area contributed by atoms with Gasteiger partial charge in [-0.05, 0) is 24.3 Å². The summed E-state index contributed by atoms with van der Waals surface area (Å²) in [6.45, 7) is 1.03. The lowest BCUT2D eigenvalue weighted by atomic mass is 10.1. The molecule has 13 heteroatoms. The SMILES string of the molecule is COc1c(C(=O)NN2CCS(=S=O)CC2)nn(-c2ccccc2Cl)c1-c1ccc(C(F)(F)F)cc1. The lowest BCUT2D eigenvalue weighted by Crippen LogP contribution is -2.49. The van der Waals surface area contributed by atoms with E-state index in [0.29, 0.717) is 51.1 Å². The summed E-state index contributed by atoms with van der Waals surface area (Å²) < 4.78 is 57.3. The number of rotatable bonds is 5. The van der Waals surface area contributed by atoms with E-state index in [0.717, 1.165) is 12.1 Å². The number of amides is 1. The van der Waals surface area contributed by atoms with Crippen molar-refractivity contribution in [3.8, 4) is 22.7 Å². The maximum absolute atomic E-state index is 13.2. The number of carbonyl (C=O) groups is 1. The number of ether oxygens (including phenoxy) is 1. The van der Waals surface area contributed by atoms with Crippen molar-refractivity contribution in [2.75, 3.05) is 31.7 Å². The predicted octanol–water partition coefficient (Wildman–Crippen LogP) is 3.93. The van der Waals surface area contributed by atoms with Crippen LogP contribution in [-0.2, 0) is 25.9 Å². The fourth-order valence-corrected chi connectivity index (χ4v) is 5.89. The first-order valence-electron chi connectivity index (χ1n) is 10.4. The lowest BCUT2D eigenvalue weighted by molar-refractivity contribution is -0.137. The number of aromatic nitrogens is 2. The topological polar surface area (TPSA) is 76.5 Å². The number of alkyl halides is 3. The molecule has 1 fully saturated rings. The number of hydrogen-bond acceptors (Lipinski definition) is 5. The van der Waals surface area contributed by atoms with Crippen LogP contribution in [0.25, 0.3) is 16.9 Å². The van der Waals surface area contributed by atoms with Crippen molar-refractivity contribution in [1.82, 2.24) is 20.2 Å². The van der Waals surface area contributed by atoms with Crippen LogP contribution in [0, 0.1) is 0 Å². The number of hydrogen-bond donors (Lipinski definition) is 1. The zero-order valence-corrected chi connectivity index (χ0v) is 20.7. The minimum absolute atomic E-state index is 0.0508. The number of nitrogens with zero attached hydrogens (tertiary/aromatic N) is 3. The smallest absolute Gasteiger partial charge is 0.416 e. The molecule has 1 saturated heterocycles. The van der Waals surface area contributed by atoms with E-state index in [2.05, 4.69) is 10.5 Å². The highest BCUT2D eigenvalue weighted by molar-refractivity contribution is 8.31. The van der Waals surface area contributed by atoms with Crippen LogP contribution in [0.15, 0.2) is 48.5 Å². The van der Waals surface area contributed by atoms with Crippen LogP contribution in [0.5, 0.6) is 5.75 Å². The van der Waals surface area contributed by atoms with Crippen molar-refractivity contribution in [2.45, 2.75) is 6.18 Å². The van der Waals surface area contributed by atoms with Gasteiger partial charge >= 0.3 is 6.18 Å². The molecule has 0 unspecified atom stereocenters. The van der Waals surface area contributed by atoms with Crippen molar-refractivity contribution in [3.05, 3.63) is 64.8 Å². The zero-order valence-electron chi connectivity index (χ0n) is 18.3. The average Bonchev–Trinajstić information content (AvgIpc) is 3.24. The molecular weight excluding hydrogens is 525 g/mol. The Bertz CT molecular complexity index is 1300. The first kappa shape index (κ1) is 25.4. The summed E-state index contributed by atoms with van der Waals surface area (Å²) in [4.78, 5) is 13.2. The Morgan fingerprint density at radius 1 is 1.14 bits per heavy atom. The van der Waals surface area contributed by atoms with Gasteiger partial charge in [-0.2, -0.15) is 18.3 Å². The first-order chi connectivity index (χ1) is 16.7. The van der Waals surface area contributed by atoms with Crippen LogP contribution < -0.4 is 10.2 Å². The minimum atomic E-state index is -4.49. The van der Waals surface area contributed by atoms with Gasteiger partial charge in [0.2, 0.25) is 0 Å². The quantitative estimate of drug-likeness (QED) is 0.527. The molecule has 3 aromatic rings. The second-order valence-electron chi connectivity index (χ2n) is 7.51. The Balaban J connectivity index is 1.78. The Morgan fingerprint density at radius 2 is 1.80 bits per heavy atom. The molecule has 0 bridgehead atoms. The molecule has 35 heavy (non-hydrogen) atoms. The third-order valence-electron chi connectivity index (χ3n) is 5.36. The van der Waals surface area contributed by atoms with Crippen LogP contribution in [0.1, 0.15) is 16.1 Å². The maximum atomic E-state index is 13.2. The number of halogens is 4. The summed E-state index contributed by atoms with van der Waals surface area (Å²) in [5.74, 6) is 0.874. The molecule has 0 radical (unpaired) electrons. The maximum Gasteiger partial charge on any atom is 0.416 e. The summed E-state index contributed by atoms with van der Waals surface area (Å²) >= 11 is 6.38. The molecule has 1 aliphatic rings. The second-order valence-corrected chi connectivity index (χ2v) is 11.6. The largest absolute Gasteiger partial charge is 0.492 e. The Kier molecular flexibility index (Phi) is 7.64. The molecular formula is C22H20ClF3N4O3S2. The second kappa shape index (κ2) is 10.5. The Labute approximate surface area is 209 Å². The van der Waals surface area contributed by atoms with Crippen LogP contribution in [0.3, 0.4) is 0 Å². The minimum Gasteiger partial charge on any atom is -0.492 e. The van der Waals surface area contributed by atoms with Crippen molar-refractivity contribution >= 4 is 37.2 Å². The highest BCUT2D eigenvalue weighted by Gasteiger charge is 2.32. The lowest BCUT2D eigenvalue weighted by Gasteiger charge is -2.27. The predicted molar refractivity (Wildman–Crippen MR) is 130 cm³/mol. The number of nitrogens with one attached hydrogen (secondary N) is 1. The van der Waals surface area contributed by atoms with Gasteiger partial charge in [-0.15, -0.1) is 0 Å². The van der Waals surface area contributed by atoms with Crippen LogP contribution in [0.2, 0.25) is 5.02 Å². The summed E-state index contributed by atoms with van der Waals surface area (Å²) in [6.07, 6.45) is -4.49. The molecule has 1 amide bonds. The number of hydrazine groups is 1. The molecule has 0 aliphatic carbocycles. The first-order valence-corrected chi connectivity index (χ1v) is 13.6. The molecule has 1 N–H and O–H groups in total. The van der Waals surface area contributed by atoms with Crippen LogP contribution in [-0.4, -0.2) is 56.6 Å². The molecule has 4 rings (SSSR count). The molecule has 0 spiro atoms. The summed E-state index contributed by atoms with van der Waals surface area (Å²) in [5.41, 5.74) is 3.00. The summed E-state index contributed by atoms with van der Waals surface area (Å²) in [5, 5.41) is 6.50. The molecule has 0 saturated carbocycles. The zero-order chi connectivity index (χ0) is 25.2. The standard InChI is InChI=1S/C22H20ClF3N4O3S2/c1-33-20-18(21(31)28-29-10-12-35(34-32)13-11-29)27-30(17-5-3-2-4-16(17)23)19(20)14-6-8-15(9-7-14)22(24,25)26/h2-9H,10-13H2,1H3,(H,28,31). The summed E-state index contributed by atoms with van der Waals surface area (Å²) in [7, 11) is 1.68. The Hall–Kier alpha value is -2.67. The number of carbonyl (C=O) groups excluding carboxylic acids is 1. The van der Waals surface area contributed by atoms with E-state index in [4.69, 9.17) is 16.3 Å². The van der Waals surface area contributed by atoms with Gasteiger partial charge in [-0.25, -0.2) is 13.9 Å². The molecule has 1 aromatic heterocycles. The van der Waals surface area contributed by atoms with Gasteiger partial charge in [-0.3, -0.25) is 10.2 Å². The highest BCUT2D eigenvalue weighted by Crippen LogP contribution is 2.38. The van der Waals surface area contributed by atoms with Gasteiger partial charge in [0.1, 0.15) is 15.9 Å².